The Morgan fingerprint density at radius 2 is 2.07 bits per heavy atom. The zero-order valence-electron chi connectivity index (χ0n) is 16.0. The lowest BCUT2D eigenvalue weighted by Gasteiger charge is -2.11. The molecule has 6 heteroatoms. The number of rotatable bonds is 6. The largest absolute Gasteiger partial charge is 0.491 e. The summed E-state index contributed by atoms with van der Waals surface area (Å²) in [6, 6.07) is 9.80. The molecular weight excluding hydrogens is 340 g/mol. The first-order valence-electron chi connectivity index (χ1n) is 9.35. The highest BCUT2D eigenvalue weighted by Crippen LogP contribution is 2.40. The minimum atomic E-state index is -0.103. The molecule has 4 rings (SSSR count). The van der Waals surface area contributed by atoms with Gasteiger partial charge in [0.1, 0.15) is 12.4 Å². The predicted molar refractivity (Wildman–Crippen MR) is 104 cm³/mol. The van der Waals surface area contributed by atoms with Gasteiger partial charge in [-0.3, -0.25) is 9.48 Å². The van der Waals surface area contributed by atoms with Crippen molar-refractivity contribution in [3.05, 3.63) is 52.8 Å². The van der Waals surface area contributed by atoms with Crippen LogP contribution in [0.25, 0.3) is 11.0 Å². The number of hydrogen-bond acceptors (Lipinski definition) is 4. The third-order valence-electron chi connectivity index (χ3n) is 4.97. The highest BCUT2D eigenvalue weighted by Gasteiger charge is 2.28. The van der Waals surface area contributed by atoms with E-state index in [4.69, 9.17) is 9.72 Å². The van der Waals surface area contributed by atoms with Gasteiger partial charge in [-0.25, -0.2) is 4.98 Å². The lowest BCUT2D eigenvalue weighted by Crippen LogP contribution is -2.28. The molecule has 0 atom stereocenters. The number of nitrogens with zero attached hydrogens (tertiary/aromatic N) is 3. The Labute approximate surface area is 158 Å². The zero-order valence-corrected chi connectivity index (χ0v) is 16.0. The SMILES string of the molecule is Cc1ccccc1OCCNC(=O)c1cc(C2CC2)nc2c1c(C)nn2C. The van der Waals surface area contributed by atoms with Crippen LogP contribution in [0.5, 0.6) is 5.75 Å². The number of hydrogen-bond donors (Lipinski definition) is 1. The molecule has 0 unspecified atom stereocenters. The second-order valence-corrected chi connectivity index (χ2v) is 7.15. The van der Waals surface area contributed by atoms with Crippen molar-refractivity contribution >= 4 is 16.9 Å². The predicted octanol–water partition coefficient (Wildman–Crippen LogP) is 3.27. The van der Waals surface area contributed by atoms with Gasteiger partial charge in [-0.1, -0.05) is 18.2 Å². The van der Waals surface area contributed by atoms with Crippen LogP contribution in [0.15, 0.2) is 30.3 Å². The summed E-state index contributed by atoms with van der Waals surface area (Å²) in [5.74, 6) is 1.21. The minimum absolute atomic E-state index is 0.103. The number of pyridine rings is 1. The average Bonchev–Trinajstić information content (AvgIpc) is 3.46. The van der Waals surface area contributed by atoms with Gasteiger partial charge in [0.2, 0.25) is 0 Å². The quantitative estimate of drug-likeness (QED) is 0.682. The molecule has 1 aromatic carbocycles. The van der Waals surface area contributed by atoms with Gasteiger partial charge >= 0.3 is 0 Å². The molecule has 0 aliphatic heterocycles. The van der Waals surface area contributed by atoms with Gasteiger partial charge in [0.15, 0.2) is 5.65 Å². The number of nitrogens with one attached hydrogen (secondary N) is 1. The fraction of sp³-hybridized carbons (Fsp3) is 0.381. The van der Waals surface area contributed by atoms with Crippen LogP contribution in [0.1, 0.15) is 46.1 Å². The lowest BCUT2D eigenvalue weighted by molar-refractivity contribution is 0.0948. The number of benzene rings is 1. The molecule has 0 radical (unpaired) electrons. The minimum Gasteiger partial charge on any atom is -0.491 e. The second-order valence-electron chi connectivity index (χ2n) is 7.15. The van der Waals surface area contributed by atoms with Crippen LogP contribution in [0.3, 0.4) is 0 Å². The van der Waals surface area contributed by atoms with Crippen LogP contribution in [-0.2, 0) is 7.05 Å². The molecule has 27 heavy (non-hydrogen) atoms. The highest BCUT2D eigenvalue weighted by molar-refractivity contribution is 6.06. The van der Waals surface area contributed by atoms with E-state index in [0.29, 0.717) is 24.6 Å². The number of para-hydroxylation sites is 1. The number of carbonyl (C=O) groups is 1. The van der Waals surface area contributed by atoms with Crippen LogP contribution in [0.2, 0.25) is 0 Å². The second kappa shape index (κ2) is 7.02. The summed E-state index contributed by atoms with van der Waals surface area (Å²) >= 11 is 0. The van der Waals surface area contributed by atoms with Gasteiger partial charge in [-0.15, -0.1) is 0 Å². The van der Waals surface area contributed by atoms with E-state index in [-0.39, 0.29) is 5.91 Å². The molecule has 1 amide bonds. The molecule has 0 spiro atoms. The van der Waals surface area contributed by atoms with E-state index in [9.17, 15) is 4.79 Å². The van der Waals surface area contributed by atoms with Gasteiger partial charge in [0.05, 0.1) is 23.2 Å². The third kappa shape index (κ3) is 3.52. The first-order valence-corrected chi connectivity index (χ1v) is 9.35. The molecule has 140 valence electrons. The molecule has 2 aromatic heterocycles. The summed E-state index contributed by atoms with van der Waals surface area (Å²) in [5.41, 5.74) is 4.33. The smallest absolute Gasteiger partial charge is 0.252 e. The Bertz CT molecular complexity index is 1000. The highest BCUT2D eigenvalue weighted by atomic mass is 16.5. The normalized spacial score (nSPS) is 13.7. The number of ether oxygens (including phenoxy) is 1. The molecule has 1 aliphatic rings. The number of aromatic nitrogens is 3. The van der Waals surface area contributed by atoms with Crippen LogP contribution >= 0.6 is 0 Å². The monoisotopic (exact) mass is 364 g/mol. The van der Waals surface area contributed by atoms with E-state index in [1.165, 1.54) is 0 Å². The Morgan fingerprint density at radius 1 is 1.30 bits per heavy atom. The van der Waals surface area contributed by atoms with Crippen LogP contribution in [-0.4, -0.2) is 33.8 Å². The molecule has 1 N–H and O–H groups in total. The van der Waals surface area contributed by atoms with Crippen LogP contribution < -0.4 is 10.1 Å². The first-order chi connectivity index (χ1) is 13.0. The maximum absolute atomic E-state index is 12.9. The van der Waals surface area contributed by atoms with Crippen molar-refractivity contribution in [2.75, 3.05) is 13.2 Å². The van der Waals surface area contributed by atoms with Crippen LogP contribution in [0.4, 0.5) is 0 Å². The molecule has 1 fully saturated rings. The van der Waals surface area contributed by atoms with E-state index in [1.807, 2.05) is 51.2 Å². The Balaban J connectivity index is 1.49. The van der Waals surface area contributed by atoms with E-state index < -0.39 is 0 Å². The van der Waals surface area contributed by atoms with Crippen molar-refractivity contribution in [1.29, 1.82) is 0 Å². The van der Waals surface area contributed by atoms with Gasteiger partial charge in [0.25, 0.3) is 5.91 Å². The van der Waals surface area contributed by atoms with E-state index >= 15 is 0 Å². The van der Waals surface area contributed by atoms with Gasteiger partial charge in [-0.05, 0) is 44.4 Å². The number of carbonyl (C=O) groups excluding carboxylic acids is 1. The number of fused-ring (bicyclic) bond motifs is 1. The maximum Gasteiger partial charge on any atom is 0.252 e. The summed E-state index contributed by atoms with van der Waals surface area (Å²) in [5, 5.41) is 8.26. The fourth-order valence-electron chi connectivity index (χ4n) is 3.37. The van der Waals surface area contributed by atoms with E-state index in [2.05, 4.69) is 10.4 Å². The zero-order chi connectivity index (χ0) is 19.0. The van der Waals surface area contributed by atoms with Gasteiger partial charge in [-0.2, -0.15) is 5.10 Å². The van der Waals surface area contributed by atoms with Gasteiger partial charge < -0.3 is 10.1 Å². The molecule has 0 bridgehead atoms. The molecular formula is C21H24N4O2. The van der Waals surface area contributed by atoms with Crippen molar-refractivity contribution in [1.82, 2.24) is 20.1 Å². The fourth-order valence-corrected chi connectivity index (χ4v) is 3.37. The van der Waals surface area contributed by atoms with Gasteiger partial charge in [0, 0.05) is 18.7 Å². The summed E-state index contributed by atoms with van der Waals surface area (Å²) in [7, 11) is 1.87. The molecule has 1 saturated carbocycles. The topological polar surface area (TPSA) is 69.0 Å². The first kappa shape index (κ1) is 17.5. The molecule has 6 nitrogen and oxygen atoms in total. The number of amides is 1. The molecule has 2 heterocycles. The Kier molecular flexibility index (Phi) is 4.56. The Morgan fingerprint density at radius 3 is 2.81 bits per heavy atom. The summed E-state index contributed by atoms with van der Waals surface area (Å²) < 4.78 is 7.53. The average molecular weight is 364 g/mol. The van der Waals surface area contributed by atoms with Crippen molar-refractivity contribution in [3.63, 3.8) is 0 Å². The van der Waals surface area contributed by atoms with Crippen molar-refractivity contribution in [3.8, 4) is 5.75 Å². The standard InChI is InChI=1S/C21H24N4O2/c1-13-6-4-5-7-18(13)27-11-10-22-21(26)16-12-17(15-8-9-15)23-20-19(16)14(2)24-25(20)3/h4-7,12,15H,8-11H2,1-3H3,(H,22,26). The lowest BCUT2D eigenvalue weighted by atomic mass is 10.1. The summed E-state index contributed by atoms with van der Waals surface area (Å²) in [6.07, 6.45) is 2.28. The summed E-state index contributed by atoms with van der Waals surface area (Å²) in [6.45, 7) is 4.78. The van der Waals surface area contributed by atoms with E-state index in [0.717, 1.165) is 46.6 Å². The Hall–Kier alpha value is -2.89. The molecule has 1 aliphatic carbocycles. The van der Waals surface area contributed by atoms with Crippen molar-refractivity contribution in [2.45, 2.75) is 32.6 Å². The van der Waals surface area contributed by atoms with Crippen molar-refractivity contribution in [2.24, 2.45) is 7.05 Å². The molecule has 0 saturated heterocycles. The van der Waals surface area contributed by atoms with Crippen molar-refractivity contribution < 1.29 is 9.53 Å². The van der Waals surface area contributed by atoms with Crippen LogP contribution in [0, 0.1) is 13.8 Å². The molecule has 3 aromatic rings. The maximum atomic E-state index is 12.9. The third-order valence-corrected chi connectivity index (χ3v) is 4.97. The summed E-state index contributed by atoms with van der Waals surface area (Å²) in [4.78, 5) is 17.6. The number of aryl methyl sites for hydroxylation is 3. The van der Waals surface area contributed by atoms with E-state index in [1.54, 1.807) is 4.68 Å².